The molecule has 2 aromatic rings. The Morgan fingerprint density at radius 3 is 2.38 bits per heavy atom. The van der Waals surface area contributed by atoms with Gasteiger partial charge in [-0.15, -0.1) is 0 Å². The highest BCUT2D eigenvalue weighted by molar-refractivity contribution is 5.63. The van der Waals surface area contributed by atoms with Crippen molar-refractivity contribution in [3.05, 3.63) is 54.2 Å². The van der Waals surface area contributed by atoms with E-state index in [1.807, 2.05) is 6.07 Å². The maximum atomic E-state index is 13.2. The normalized spacial score (nSPS) is 11.4. The zero-order valence-electron chi connectivity index (χ0n) is 11.3. The summed E-state index contributed by atoms with van der Waals surface area (Å²) >= 11 is 0. The van der Waals surface area contributed by atoms with Crippen molar-refractivity contribution in [1.82, 2.24) is 4.98 Å². The van der Waals surface area contributed by atoms with Crippen molar-refractivity contribution < 1.29 is 13.2 Å². The lowest BCUT2D eigenvalue weighted by molar-refractivity contribution is -0.137. The minimum atomic E-state index is -4.45. The van der Waals surface area contributed by atoms with Crippen molar-refractivity contribution in [2.45, 2.75) is 12.6 Å². The quantitative estimate of drug-likeness (QED) is 0.916. The highest BCUT2D eigenvalue weighted by Crippen LogP contribution is 2.37. The Morgan fingerprint density at radius 1 is 1.05 bits per heavy atom. The molecular formula is C15H16F3N3. The van der Waals surface area contributed by atoms with Gasteiger partial charge >= 0.3 is 6.18 Å². The molecule has 0 aliphatic heterocycles. The number of rotatable bonds is 5. The van der Waals surface area contributed by atoms with E-state index in [-0.39, 0.29) is 5.82 Å². The van der Waals surface area contributed by atoms with Gasteiger partial charge in [0.25, 0.3) is 0 Å². The van der Waals surface area contributed by atoms with E-state index in [1.165, 1.54) is 12.3 Å². The fraction of sp³-hybridized carbons (Fsp3) is 0.267. The molecule has 1 heterocycles. The lowest BCUT2D eigenvalue weighted by atomic mass is 10.2. The average molecular weight is 295 g/mol. The van der Waals surface area contributed by atoms with Gasteiger partial charge in [-0.2, -0.15) is 13.2 Å². The first-order valence-corrected chi connectivity index (χ1v) is 6.59. The number of alkyl halides is 3. The Hall–Kier alpha value is -2.08. The van der Waals surface area contributed by atoms with Gasteiger partial charge in [0, 0.05) is 18.4 Å². The van der Waals surface area contributed by atoms with Crippen molar-refractivity contribution in [2.24, 2.45) is 5.73 Å². The zero-order chi connectivity index (χ0) is 15.3. The van der Waals surface area contributed by atoms with E-state index in [1.54, 1.807) is 29.2 Å². The largest absolute Gasteiger partial charge is 0.419 e. The van der Waals surface area contributed by atoms with E-state index < -0.39 is 11.7 Å². The van der Waals surface area contributed by atoms with Crippen molar-refractivity contribution in [1.29, 1.82) is 0 Å². The summed E-state index contributed by atoms with van der Waals surface area (Å²) in [6.07, 6.45) is -2.51. The van der Waals surface area contributed by atoms with Crippen molar-refractivity contribution in [3.8, 4) is 0 Å². The van der Waals surface area contributed by atoms with Crippen LogP contribution in [0.3, 0.4) is 0 Å². The second-order valence-corrected chi connectivity index (χ2v) is 4.50. The number of aromatic nitrogens is 1. The third-order valence-electron chi connectivity index (χ3n) is 3.00. The molecule has 0 aliphatic carbocycles. The molecule has 0 aliphatic rings. The zero-order valence-corrected chi connectivity index (χ0v) is 11.3. The Bertz CT molecular complexity index is 570. The van der Waals surface area contributed by atoms with Crippen LogP contribution >= 0.6 is 0 Å². The van der Waals surface area contributed by atoms with Crippen LogP contribution in [0.4, 0.5) is 24.7 Å². The van der Waals surface area contributed by atoms with Gasteiger partial charge in [-0.25, -0.2) is 4.98 Å². The molecule has 0 saturated heterocycles. The van der Waals surface area contributed by atoms with E-state index in [2.05, 4.69) is 4.98 Å². The number of nitrogens with zero attached hydrogens (tertiary/aromatic N) is 2. The Labute approximate surface area is 121 Å². The summed E-state index contributed by atoms with van der Waals surface area (Å²) in [6, 6.07) is 11.2. The summed E-state index contributed by atoms with van der Waals surface area (Å²) < 4.78 is 39.5. The molecule has 0 bridgehead atoms. The van der Waals surface area contributed by atoms with Crippen LogP contribution in [0.15, 0.2) is 48.7 Å². The number of hydrogen-bond acceptors (Lipinski definition) is 3. The van der Waals surface area contributed by atoms with Crippen molar-refractivity contribution in [2.75, 3.05) is 18.0 Å². The molecule has 3 nitrogen and oxygen atoms in total. The number of halogens is 3. The SMILES string of the molecule is NCCCN(c1ccccc1)c1ncccc1C(F)(F)F. The molecule has 1 aromatic heterocycles. The van der Waals surface area contributed by atoms with Crippen LogP contribution in [-0.4, -0.2) is 18.1 Å². The van der Waals surface area contributed by atoms with Gasteiger partial charge in [0.05, 0.1) is 5.56 Å². The number of hydrogen-bond donors (Lipinski definition) is 1. The molecule has 2 rings (SSSR count). The molecule has 112 valence electrons. The van der Waals surface area contributed by atoms with Gasteiger partial charge in [-0.1, -0.05) is 18.2 Å². The number of para-hydroxylation sites is 1. The molecule has 1 aromatic carbocycles. The van der Waals surface area contributed by atoms with E-state index in [0.717, 1.165) is 6.07 Å². The summed E-state index contributed by atoms with van der Waals surface area (Å²) in [5.74, 6) is -0.0929. The molecule has 21 heavy (non-hydrogen) atoms. The maximum absolute atomic E-state index is 13.2. The molecule has 0 atom stereocenters. The van der Waals surface area contributed by atoms with E-state index in [0.29, 0.717) is 25.2 Å². The van der Waals surface area contributed by atoms with Crippen molar-refractivity contribution in [3.63, 3.8) is 0 Å². The molecule has 0 unspecified atom stereocenters. The Kier molecular flexibility index (Phi) is 4.80. The van der Waals surface area contributed by atoms with Crippen molar-refractivity contribution >= 4 is 11.5 Å². The van der Waals surface area contributed by atoms with E-state index in [9.17, 15) is 13.2 Å². The monoisotopic (exact) mass is 295 g/mol. The molecule has 0 spiro atoms. The molecule has 0 radical (unpaired) electrons. The molecule has 0 amide bonds. The standard InChI is InChI=1S/C15H16F3N3/c16-15(17,18)13-8-4-10-20-14(13)21(11-5-9-19)12-6-2-1-3-7-12/h1-4,6-8,10H,5,9,11,19H2. The Morgan fingerprint density at radius 2 is 1.76 bits per heavy atom. The fourth-order valence-electron chi connectivity index (χ4n) is 2.05. The second kappa shape index (κ2) is 6.58. The van der Waals surface area contributed by atoms with Gasteiger partial charge in [-0.3, -0.25) is 0 Å². The van der Waals surface area contributed by atoms with Gasteiger partial charge < -0.3 is 10.6 Å². The first-order valence-electron chi connectivity index (χ1n) is 6.59. The van der Waals surface area contributed by atoms with Gasteiger partial charge in [-0.05, 0) is 37.2 Å². The number of pyridine rings is 1. The van der Waals surface area contributed by atoms with Crippen LogP contribution in [0, 0.1) is 0 Å². The first-order chi connectivity index (χ1) is 10.0. The summed E-state index contributed by atoms with van der Waals surface area (Å²) in [7, 11) is 0. The van der Waals surface area contributed by atoms with Crippen LogP contribution < -0.4 is 10.6 Å². The summed E-state index contributed by atoms with van der Waals surface area (Å²) in [5, 5.41) is 0. The molecule has 0 fully saturated rings. The lowest BCUT2D eigenvalue weighted by Crippen LogP contribution is -2.25. The molecular weight excluding hydrogens is 279 g/mol. The Balaban J connectivity index is 2.47. The predicted octanol–water partition coefficient (Wildman–Crippen LogP) is 3.59. The third kappa shape index (κ3) is 3.72. The van der Waals surface area contributed by atoms with Crippen LogP contribution in [0.2, 0.25) is 0 Å². The minimum absolute atomic E-state index is 0.0929. The van der Waals surface area contributed by atoms with E-state index >= 15 is 0 Å². The number of nitrogens with two attached hydrogens (primary N) is 1. The molecule has 2 N–H and O–H groups in total. The maximum Gasteiger partial charge on any atom is 0.419 e. The summed E-state index contributed by atoms with van der Waals surface area (Å²) in [6.45, 7) is 0.776. The number of benzene rings is 1. The highest BCUT2D eigenvalue weighted by atomic mass is 19.4. The van der Waals surface area contributed by atoms with Gasteiger partial charge in [0.1, 0.15) is 5.82 Å². The molecule has 6 heteroatoms. The summed E-state index contributed by atoms with van der Waals surface area (Å²) in [5.41, 5.74) is 5.41. The lowest BCUT2D eigenvalue weighted by Gasteiger charge is -2.26. The summed E-state index contributed by atoms with van der Waals surface area (Å²) in [4.78, 5) is 5.49. The average Bonchev–Trinajstić information content (AvgIpc) is 2.48. The predicted molar refractivity (Wildman–Crippen MR) is 76.4 cm³/mol. The van der Waals surface area contributed by atoms with Gasteiger partial charge in [0.15, 0.2) is 0 Å². The van der Waals surface area contributed by atoms with Crippen LogP contribution in [0.5, 0.6) is 0 Å². The van der Waals surface area contributed by atoms with Crippen LogP contribution in [-0.2, 0) is 6.18 Å². The number of anilines is 2. The third-order valence-corrected chi connectivity index (χ3v) is 3.00. The first kappa shape index (κ1) is 15.3. The van der Waals surface area contributed by atoms with Gasteiger partial charge in [0.2, 0.25) is 0 Å². The second-order valence-electron chi connectivity index (χ2n) is 4.50. The van der Waals surface area contributed by atoms with Crippen LogP contribution in [0.25, 0.3) is 0 Å². The smallest absolute Gasteiger partial charge is 0.330 e. The highest BCUT2D eigenvalue weighted by Gasteiger charge is 2.35. The topological polar surface area (TPSA) is 42.1 Å². The molecule has 0 saturated carbocycles. The fourth-order valence-corrected chi connectivity index (χ4v) is 2.05. The van der Waals surface area contributed by atoms with E-state index in [4.69, 9.17) is 5.73 Å². The minimum Gasteiger partial charge on any atom is -0.330 e. The van der Waals surface area contributed by atoms with Crippen LogP contribution in [0.1, 0.15) is 12.0 Å².